The minimum atomic E-state index is -0.878. The maximum absolute atomic E-state index is 12.7. The Morgan fingerprint density at radius 2 is 1.87 bits per heavy atom. The number of ether oxygens (including phenoxy) is 1. The number of aryl methyl sites for hydroxylation is 1. The molecule has 0 aliphatic carbocycles. The topological polar surface area (TPSA) is 122 Å². The minimum absolute atomic E-state index is 0.0377. The number of nitrogens with zero attached hydrogens (tertiary/aromatic N) is 6. The van der Waals surface area contributed by atoms with Crippen LogP contribution in [0.2, 0.25) is 5.15 Å². The van der Waals surface area contributed by atoms with Gasteiger partial charge in [0.25, 0.3) is 0 Å². The van der Waals surface area contributed by atoms with Crippen molar-refractivity contribution >= 4 is 17.6 Å². The van der Waals surface area contributed by atoms with Gasteiger partial charge < -0.3 is 14.4 Å². The lowest BCUT2D eigenvalue weighted by molar-refractivity contribution is -0.154. The number of hydrogen-bond acceptors (Lipinski definition) is 8. The Labute approximate surface area is 233 Å². The molecule has 39 heavy (non-hydrogen) atoms. The molecule has 2 aromatic carbocycles. The number of aliphatic hydroxyl groups excluding tert-OH is 1. The molecule has 1 unspecified atom stereocenters. The van der Waals surface area contributed by atoms with E-state index in [9.17, 15) is 9.90 Å². The summed E-state index contributed by atoms with van der Waals surface area (Å²) in [6.45, 7) is 4.17. The molecule has 0 amide bonds. The highest BCUT2D eigenvalue weighted by molar-refractivity contribution is 6.30. The number of benzene rings is 2. The quantitative estimate of drug-likeness (QED) is 0.252. The van der Waals surface area contributed by atoms with Crippen LogP contribution in [0.4, 0.5) is 0 Å². The van der Waals surface area contributed by atoms with E-state index in [0.717, 1.165) is 47.3 Å². The molecule has 11 heteroatoms. The number of hydrogen-bond donors (Lipinski definition) is 2. The SMILES string of the molecule is CCCCc1nc(Cl)c(COC(=O)[C@H](C(C)O)N(C)C)n1Cc1ccc(-c2ccccc2-c2nn[nH]n2)cc1. The number of tetrazole rings is 1. The number of aromatic nitrogens is 6. The lowest BCUT2D eigenvalue weighted by Crippen LogP contribution is -2.44. The molecule has 10 nitrogen and oxygen atoms in total. The number of carbonyl (C=O) groups is 1. The molecular formula is C28H34ClN7O3. The fraction of sp³-hybridized carbons (Fsp3) is 0.393. The molecule has 0 spiro atoms. The van der Waals surface area contributed by atoms with Gasteiger partial charge in [-0.25, -0.2) is 4.98 Å². The van der Waals surface area contributed by atoms with Gasteiger partial charge in [-0.1, -0.05) is 73.5 Å². The largest absolute Gasteiger partial charge is 0.458 e. The van der Waals surface area contributed by atoms with Crippen LogP contribution in [0.15, 0.2) is 48.5 Å². The van der Waals surface area contributed by atoms with Gasteiger partial charge in [-0.3, -0.25) is 9.69 Å². The molecule has 0 saturated heterocycles. The van der Waals surface area contributed by atoms with Crippen molar-refractivity contribution in [1.29, 1.82) is 0 Å². The number of nitrogens with one attached hydrogen (secondary N) is 1. The first-order chi connectivity index (χ1) is 18.8. The number of H-pyrrole nitrogens is 1. The van der Waals surface area contributed by atoms with Gasteiger partial charge in [-0.15, -0.1) is 10.2 Å². The predicted molar refractivity (Wildman–Crippen MR) is 149 cm³/mol. The molecule has 0 bridgehead atoms. The summed E-state index contributed by atoms with van der Waals surface area (Å²) >= 11 is 6.55. The van der Waals surface area contributed by atoms with Crippen LogP contribution in [0.3, 0.4) is 0 Å². The van der Waals surface area contributed by atoms with Crippen molar-refractivity contribution in [3.8, 4) is 22.5 Å². The Morgan fingerprint density at radius 3 is 2.49 bits per heavy atom. The van der Waals surface area contributed by atoms with Gasteiger partial charge in [-0.05, 0) is 49.3 Å². The molecule has 0 fully saturated rings. The number of halogens is 1. The maximum atomic E-state index is 12.7. The zero-order valence-electron chi connectivity index (χ0n) is 22.6. The van der Waals surface area contributed by atoms with Gasteiger partial charge in [0.05, 0.1) is 11.8 Å². The molecule has 2 atom stereocenters. The van der Waals surface area contributed by atoms with E-state index < -0.39 is 18.1 Å². The Bertz CT molecular complexity index is 1360. The highest BCUT2D eigenvalue weighted by atomic mass is 35.5. The molecule has 0 saturated carbocycles. The van der Waals surface area contributed by atoms with E-state index in [0.29, 0.717) is 23.2 Å². The van der Waals surface area contributed by atoms with Crippen molar-refractivity contribution in [2.24, 2.45) is 0 Å². The first-order valence-corrected chi connectivity index (χ1v) is 13.3. The molecule has 4 aromatic rings. The van der Waals surface area contributed by atoms with Crippen molar-refractivity contribution in [1.82, 2.24) is 35.1 Å². The van der Waals surface area contributed by atoms with E-state index in [1.54, 1.807) is 25.9 Å². The van der Waals surface area contributed by atoms with Crippen LogP contribution in [0.1, 0.15) is 43.8 Å². The van der Waals surface area contributed by atoms with E-state index in [-0.39, 0.29) is 6.61 Å². The number of aliphatic hydroxyl groups is 1. The summed E-state index contributed by atoms with van der Waals surface area (Å²) in [5.41, 5.74) is 4.59. The molecule has 0 radical (unpaired) electrons. The molecule has 4 rings (SSSR count). The molecule has 2 aromatic heterocycles. The summed E-state index contributed by atoms with van der Waals surface area (Å²) in [6, 6.07) is 15.4. The van der Waals surface area contributed by atoms with Crippen molar-refractivity contribution in [3.05, 3.63) is 70.8 Å². The van der Waals surface area contributed by atoms with Gasteiger partial charge >= 0.3 is 5.97 Å². The first kappa shape index (κ1) is 28.4. The standard InChI is InChI=1S/C28H34ClN7O3/c1-5-6-11-24-30-26(29)23(17-39-28(38)25(18(2)37)35(3)4)36(24)16-19-12-14-20(15-13-19)21-9-7-8-10-22(21)27-31-33-34-32-27/h7-10,12-15,18,25,37H,5-6,11,16-17H2,1-4H3,(H,31,32,33,34)/t18?,25-/m0/s1. The smallest absolute Gasteiger partial charge is 0.326 e. The van der Waals surface area contributed by atoms with Gasteiger partial charge in [-0.2, -0.15) is 5.21 Å². The van der Waals surface area contributed by atoms with Gasteiger partial charge in [0, 0.05) is 18.5 Å². The van der Waals surface area contributed by atoms with Gasteiger partial charge in [0.1, 0.15) is 18.5 Å². The van der Waals surface area contributed by atoms with E-state index >= 15 is 0 Å². The second-order valence-electron chi connectivity index (χ2n) is 9.69. The monoisotopic (exact) mass is 551 g/mol. The number of likely N-dealkylation sites (N-methyl/N-ethyl adjacent to an activating group) is 1. The summed E-state index contributed by atoms with van der Waals surface area (Å²) in [6.07, 6.45) is 1.86. The Hall–Kier alpha value is -3.60. The molecule has 0 aliphatic heterocycles. The third-order valence-electron chi connectivity index (χ3n) is 6.58. The van der Waals surface area contributed by atoms with Gasteiger partial charge in [0.2, 0.25) is 5.82 Å². The average molecular weight is 552 g/mol. The summed E-state index contributed by atoms with van der Waals surface area (Å²) in [5.74, 6) is 0.868. The van der Waals surface area contributed by atoms with Crippen LogP contribution in [-0.2, 0) is 29.1 Å². The molecule has 2 N–H and O–H groups in total. The fourth-order valence-corrected chi connectivity index (χ4v) is 4.85. The number of carbonyl (C=O) groups excluding carboxylic acids is 1. The lowest BCUT2D eigenvalue weighted by Gasteiger charge is -2.25. The maximum Gasteiger partial charge on any atom is 0.326 e. The molecule has 2 heterocycles. The summed E-state index contributed by atoms with van der Waals surface area (Å²) in [7, 11) is 3.45. The second kappa shape index (κ2) is 13.0. The van der Waals surface area contributed by atoms with Crippen LogP contribution in [0, 0.1) is 0 Å². The third kappa shape index (κ3) is 6.70. The van der Waals surface area contributed by atoms with E-state index in [1.165, 1.54) is 0 Å². The number of aromatic amines is 1. The molecule has 0 aliphatic rings. The van der Waals surface area contributed by atoms with Crippen LogP contribution in [0.5, 0.6) is 0 Å². The third-order valence-corrected chi connectivity index (χ3v) is 6.88. The van der Waals surface area contributed by atoms with Crippen LogP contribution in [-0.4, -0.2) is 72.4 Å². The van der Waals surface area contributed by atoms with Gasteiger partial charge in [0.15, 0.2) is 5.15 Å². The van der Waals surface area contributed by atoms with E-state index in [4.69, 9.17) is 16.3 Å². The second-order valence-corrected chi connectivity index (χ2v) is 10.0. The molecular weight excluding hydrogens is 518 g/mol. The fourth-order valence-electron chi connectivity index (χ4n) is 4.60. The number of rotatable bonds is 12. The highest BCUT2D eigenvalue weighted by Gasteiger charge is 2.28. The normalized spacial score (nSPS) is 13.0. The van der Waals surface area contributed by atoms with Crippen molar-refractivity contribution in [2.75, 3.05) is 14.1 Å². The van der Waals surface area contributed by atoms with Crippen LogP contribution in [0.25, 0.3) is 22.5 Å². The van der Waals surface area contributed by atoms with Crippen LogP contribution < -0.4 is 0 Å². The minimum Gasteiger partial charge on any atom is -0.458 e. The summed E-state index contributed by atoms with van der Waals surface area (Å²) < 4.78 is 7.64. The zero-order valence-corrected chi connectivity index (χ0v) is 23.4. The average Bonchev–Trinajstić information content (AvgIpc) is 3.55. The Kier molecular flexibility index (Phi) is 9.45. The number of esters is 1. The van der Waals surface area contributed by atoms with Crippen molar-refractivity contribution in [2.45, 2.75) is 58.4 Å². The Morgan fingerprint density at radius 1 is 1.15 bits per heavy atom. The number of unbranched alkanes of at least 4 members (excludes halogenated alkanes) is 1. The van der Waals surface area contributed by atoms with E-state index in [2.05, 4.69) is 56.8 Å². The first-order valence-electron chi connectivity index (χ1n) is 13.0. The highest BCUT2D eigenvalue weighted by Crippen LogP contribution is 2.30. The van der Waals surface area contributed by atoms with E-state index in [1.807, 2.05) is 28.8 Å². The summed E-state index contributed by atoms with van der Waals surface area (Å²) in [4.78, 5) is 19.0. The van der Waals surface area contributed by atoms with Crippen molar-refractivity contribution in [3.63, 3.8) is 0 Å². The van der Waals surface area contributed by atoms with Crippen molar-refractivity contribution < 1.29 is 14.6 Å². The zero-order chi connectivity index (χ0) is 27.9. The lowest BCUT2D eigenvalue weighted by atomic mass is 9.98. The predicted octanol–water partition coefficient (Wildman–Crippen LogP) is 4.13. The number of imidazole rings is 1. The Balaban J connectivity index is 1.58. The molecule has 206 valence electrons. The van der Waals surface area contributed by atoms with Crippen LogP contribution >= 0.6 is 11.6 Å². The summed E-state index contributed by atoms with van der Waals surface area (Å²) in [5, 5.41) is 24.8.